The number of carbonyl (C=O) groups excluding carboxylic acids is 2. The molecule has 1 rings (SSSR count). The van der Waals surface area contributed by atoms with Crippen LogP contribution in [0.25, 0.3) is 0 Å². The molecule has 0 radical (unpaired) electrons. The van der Waals surface area contributed by atoms with E-state index in [0.29, 0.717) is 23.3 Å². The Morgan fingerprint density at radius 1 is 1.22 bits per heavy atom. The quantitative estimate of drug-likeness (QED) is 0.394. The molecule has 0 saturated carbocycles. The third-order valence-electron chi connectivity index (χ3n) is 5.49. The first-order chi connectivity index (χ1) is 10.6. The number of ether oxygens (including phenoxy) is 1. The molecule has 0 aromatic heterocycles. The van der Waals surface area contributed by atoms with Crippen molar-refractivity contribution < 1.29 is 18.4 Å². The van der Waals surface area contributed by atoms with Crippen LogP contribution in [-0.2, 0) is 18.4 Å². The second-order valence-electron chi connectivity index (χ2n) is 7.63. The van der Waals surface area contributed by atoms with Gasteiger partial charge in [-0.05, 0) is 28.7 Å². The second-order valence-corrected chi connectivity index (χ2v) is 11.2. The number of β-lactam (4-membered cyclic amide) rings is 1. The van der Waals surface area contributed by atoms with Gasteiger partial charge < -0.3 is 14.2 Å². The van der Waals surface area contributed by atoms with Crippen molar-refractivity contribution in [1.82, 2.24) is 5.32 Å². The number of amides is 1. The Morgan fingerprint density at radius 3 is 2.04 bits per heavy atom. The summed E-state index contributed by atoms with van der Waals surface area (Å²) in [5.41, 5.74) is 0.155. The third kappa shape index (κ3) is 3.71. The van der Waals surface area contributed by atoms with Gasteiger partial charge in [-0.3, -0.25) is 9.59 Å². The fourth-order valence-corrected chi connectivity index (χ4v) is 7.99. The predicted octanol–water partition coefficient (Wildman–Crippen LogP) is 0.745. The summed E-state index contributed by atoms with van der Waals surface area (Å²) in [7, 11) is -0.0141. The normalized spacial score (nSPS) is 23.7. The maximum absolute atomic E-state index is 12.5. The third-order valence-corrected chi connectivity index (χ3v) is 8.84. The number of hydrogen-bond donors (Lipinski definition) is 1. The van der Waals surface area contributed by atoms with Crippen molar-refractivity contribution in [2.24, 2.45) is 29.1 Å². The van der Waals surface area contributed by atoms with E-state index in [9.17, 15) is 9.59 Å². The molecule has 7 heteroatoms. The maximum Gasteiger partial charge on any atom is 0.304 e. The van der Waals surface area contributed by atoms with Crippen molar-refractivity contribution in [3.63, 3.8) is 0 Å². The molecule has 1 aliphatic heterocycles. The molecule has 3 atom stereocenters. The first kappa shape index (κ1) is 20.4. The van der Waals surface area contributed by atoms with E-state index in [4.69, 9.17) is 8.85 Å². The minimum absolute atomic E-state index is 0.00616. The number of hydrogen-bond acceptors (Lipinski definition) is 4. The van der Waals surface area contributed by atoms with Crippen LogP contribution in [0.1, 0.15) is 48.5 Å². The summed E-state index contributed by atoms with van der Waals surface area (Å²) in [6.45, 7) is 14.6. The van der Waals surface area contributed by atoms with Gasteiger partial charge in [0.05, 0.1) is 0 Å². The lowest BCUT2D eigenvalue weighted by atomic mass is 9.54. The number of esters is 1. The molecule has 1 fully saturated rings. The van der Waals surface area contributed by atoms with Gasteiger partial charge in [-0.2, -0.15) is 0 Å². The number of rotatable bonds is 8. The summed E-state index contributed by atoms with van der Waals surface area (Å²) in [4.78, 5) is 23.9. The lowest BCUT2D eigenvalue weighted by molar-refractivity contribution is -0.186. The summed E-state index contributed by atoms with van der Waals surface area (Å²) in [5.74, 6) is 0.405. The van der Waals surface area contributed by atoms with Crippen LogP contribution in [-0.4, -0.2) is 38.4 Å². The van der Waals surface area contributed by atoms with Gasteiger partial charge in [0.15, 0.2) is 6.23 Å². The molecule has 0 spiro atoms. The van der Waals surface area contributed by atoms with Crippen molar-refractivity contribution >= 4 is 32.1 Å². The average molecular weight is 360 g/mol. The summed E-state index contributed by atoms with van der Waals surface area (Å²) in [6.07, 6.45) is -0.505. The molecule has 1 aliphatic rings. The Labute approximate surface area is 145 Å². The largest absolute Gasteiger partial charge is 0.468 e. The van der Waals surface area contributed by atoms with Crippen molar-refractivity contribution in [1.29, 1.82) is 0 Å². The second kappa shape index (κ2) is 7.94. The van der Waals surface area contributed by atoms with E-state index >= 15 is 0 Å². The molecule has 0 aromatic carbocycles. The fourth-order valence-electron chi connectivity index (χ4n) is 4.69. The summed E-state index contributed by atoms with van der Waals surface area (Å²) in [5, 5.41) is 2.78. The number of nitrogens with one attached hydrogen (secondary N) is 1. The molecule has 0 aromatic rings. The maximum atomic E-state index is 12.5. The Balaban J connectivity index is 3.37. The highest BCUT2D eigenvalue weighted by Crippen LogP contribution is 2.57. The standard InChI is InChI=1S/C16H33NO4Si2/c1-8(2)13(23-21-22)16(9(3)4,10(5)6)12-14(19)17-15(12)20-11(7)18/h8-10,12-13,15H,23H2,1-7,22H3,(H,17,19)/t12-,13+,15+/m0/s1. The van der Waals surface area contributed by atoms with Crippen molar-refractivity contribution in [2.75, 3.05) is 0 Å². The van der Waals surface area contributed by atoms with Gasteiger partial charge in [0, 0.05) is 6.92 Å². The Morgan fingerprint density at radius 2 is 1.74 bits per heavy atom. The zero-order valence-electron chi connectivity index (χ0n) is 15.8. The molecule has 0 unspecified atom stereocenters. The van der Waals surface area contributed by atoms with Gasteiger partial charge in [0.25, 0.3) is 0 Å². The minimum atomic E-state index is -0.751. The molecule has 0 aliphatic carbocycles. The highest BCUT2D eigenvalue weighted by Gasteiger charge is 2.61. The fraction of sp³-hybridized carbons (Fsp3) is 0.875. The van der Waals surface area contributed by atoms with Gasteiger partial charge in [0.2, 0.25) is 5.91 Å². The van der Waals surface area contributed by atoms with Crippen LogP contribution in [0.5, 0.6) is 0 Å². The van der Waals surface area contributed by atoms with Gasteiger partial charge in [0.1, 0.15) is 26.2 Å². The van der Waals surface area contributed by atoms with Crippen LogP contribution < -0.4 is 5.32 Å². The average Bonchev–Trinajstić information content (AvgIpc) is 2.40. The lowest BCUT2D eigenvalue weighted by Gasteiger charge is -2.57. The van der Waals surface area contributed by atoms with E-state index in [2.05, 4.69) is 46.9 Å². The summed E-state index contributed by atoms with van der Waals surface area (Å²) < 4.78 is 11.2. The molecular formula is C16H33NO4Si2. The minimum Gasteiger partial charge on any atom is -0.468 e. The molecule has 5 nitrogen and oxygen atoms in total. The van der Waals surface area contributed by atoms with E-state index in [1.807, 2.05) is 0 Å². The molecule has 134 valence electrons. The summed E-state index contributed by atoms with van der Waals surface area (Å²) in [6, 6.07) is 0. The van der Waals surface area contributed by atoms with Crippen LogP contribution in [0.15, 0.2) is 0 Å². The zero-order valence-corrected chi connectivity index (χ0v) is 19.2. The smallest absolute Gasteiger partial charge is 0.304 e. The highest BCUT2D eigenvalue weighted by molar-refractivity contribution is 6.36. The van der Waals surface area contributed by atoms with Crippen molar-refractivity contribution in [3.05, 3.63) is 0 Å². The molecule has 1 saturated heterocycles. The van der Waals surface area contributed by atoms with Gasteiger partial charge in [-0.15, -0.1) is 0 Å². The monoisotopic (exact) mass is 359 g/mol. The first-order valence-corrected chi connectivity index (χ1v) is 10.8. The SMILES string of the molecule is CC(=O)O[C@H]1NC(=O)[C@@H]1C(C(C)C)(C(C)C)[C@H]([SiH2]O[SiH3])C(C)C. The van der Waals surface area contributed by atoms with Gasteiger partial charge in [-0.25, -0.2) is 0 Å². The topological polar surface area (TPSA) is 64.6 Å². The molecule has 23 heavy (non-hydrogen) atoms. The Bertz CT molecular complexity index is 432. The van der Waals surface area contributed by atoms with Crippen LogP contribution in [0, 0.1) is 29.1 Å². The van der Waals surface area contributed by atoms with E-state index < -0.39 is 16.0 Å². The van der Waals surface area contributed by atoms with Crippen LogP contribution >= 0.6 is 0 Å². The molecule has 0 bridgehead atoms. The van der Waals surface area contributed by atoms with E-state index in [1.165, 1.54) is 6.92 Å². The summed E-state index contributed by atoms with van der Waals surface area (Å²) >= 11 is 0. The van der Waals surface area contributed by atoms with Crippen LogP contribution in [0.2, 0.25) is 5.54 Å². The molecule has 1 N–H and O–H groups in total. The Kier molecular flexibility index (Phi) is 7.03. The van der Waals surface area contributed by atoms with Crippen LogP contribution in [0.4, 0.5) is 0 Å². The van der Waals surface area contributed by atoms with Gasteiger partial charge in [-0.1, -0.05) is 41.5 Å². The lowest BCUT2D eigenvalue weighted by Crippen LogP contribution is -2.69. The molecular weight excluding hydrogens is 326 g/mol. The molecule has 1 amide bonds. The van der Waals surface area contributed by atoms with E-state index in [1.54, 1.807) is 0 Å². The predicted molar refractivity (Wildman–Crippen MR) is 97.5 cm³/mol. The zero-order chi connectivity index (χ0) is 17.9. The Hall–Kier alpha value is -0.666. The number of carbonyl (C=O) groups is 2. The van der Waals surface area contributed by atoms with E-state index in [0.717, 1.165) is 10.5 Å². The van der Waals surface area contributed by atoms with Crippen molar-refractivity contribution in [3.8, 4) is 0 Å². The van der Waals surface area contributed by atoms with Crippen LogP contribution in [0.3, 0.4) is 0 Å². The molecule has 1 heterocycles. The van der Waals surface area contributed by atoms with E-state index in [-0.39, 0.29) is 23.2 Å². The van der Waals surface area contributed by atoms with Crippen molar-refractivity contribution in [2.45, 2.75) is 60.2 Å². The van der Waals surface area contributed by atoms with Gasteiger partial charge >= 0.3 is 5.97 Å². The first-order valence-electron chi connectivity index (χ1n) is 8.57. The highest BCUT2D eigenvalue weighted by atomic mass is 28.3.